The molecule has 0 saturated carbocycles. The lowest BCUT2D eigenvalue weighted by Crippen LogP contribution is -2.42. The lowest BCUT2D eigenvalue weighted by molar-refractivity contribution is 0.0776. The van der Waals surface area contributed by atoms with Gasteiger partial charge in [-0.05, 0) is 37.0 Å². The molecule has 1 unspecified atom stereocenters. The molecule has 21 heavy (non-hydrogen) atoms. The highest BCUT2D eigenvalue weighted by molar-refractivity contribution is 7.99. The minimum absolute atomic E-state index is 0.492. The first-order chi connectivity index (χ1) is 10.1. The number of aliphatic hydroxyl groups is 1. The second-order valence-corrected chi connectivity index (χ2v) is 7.59. The van der Waals surface area contributed by atoms with Crippen molar-refractivity contribution in [3.05, 3.63) is 22.4 Å². The maximum absolute atomic E-state index is 10.4. The van der Waals surface area contributed by atoms with Gasteiger partial charge >= 0.3 is 0 Å². The normalized spacial score (nSPS) is 22.5. The predicted octanol–water partition coefficient (Wildman–Crippen LogP) is 2.06. The van der Waals surface area contributed by atoms with Gasteiger partial charge in [0.15, 0.2) is 5.96 Å². The minimum Gasteiger partial charge on any atom is -0.387 e. The number of hydrogen-bond acceptors (Lipinski definition) is 4. The molecule has 118 valence electrons. The van der Waals surface area contributed by atoms with Gasteiger partial charge in [-0.15, -0.1) is 11.3 Å². The van der Waals surface area contributed by atoms with E-state index in [2.05, 4.69) is 46.7 Å². The maximum Gasteiger partial charge on any atom is 0.193 e. The topological polar surface area (TPSA) is 47.9 Å². The molecule has 0 bridgehead atoms. The lowest BCUT2D eigenvalue weighted by Gasteiger charge is -2.24. The van der Waals surface area contributed by atoms with Crippen molar-refractivity contribution < 1.29 is 5.11 Å². The summed E-state index contributed by atoms with van der Waals surface area (Å²) in [5.41, 5.74) is -0.611. The van der Waals surface area contributed by atoms with Crippen LogP contribution in [0.1, 0.15) is 18.2 Å². The molecule has 0 spiro atoms. The first-order valence-corrected chi connectivity index (χ1v) is 9.48. The van der Waals surface area contributed by atoms with Gasteiger partial charge in [0.05, 0.1) is 12.1 Å². The van der Waals surface area contributed by atoms with Crippen molar-refractivity contribution in [1.29, 1.82) is 0 Å². The van der Waals surface area contributed by atoms with Gasteiger partial charge in [-0.3, -0.25) is 4.99 Å². The molecule has 0 radical (unpaired) electrons. The molecule has 0 aliphatic carbocycles. The molecule has 2 N–H and O–H groups in total. The van der Waals surface area contributed by atoms with Crippen LogP contribution in [0.4, 0.5) is 0 Å². The number of nitrogens with one attached hydrogen (secondary N) is 1. The Morgan fingerprint density at radius 1 is 1.57 bits per heavy atom. The Hall–Kier alpha value is -0.720. The number of thiophene rings is 1. The maximum atomic E-state index is 10.4. The summed E-state index contributed by atoms with van der Waals surface area (Å²) in [6, 6.07) is 4.26. The standard InChI is InChI=1S/C15H25N3OS2/c1-3-16-14(17-11-15(19)7-10-20-12-15)18(2)8-6-13-5-4-9-21-13/h4-5,9,19H,3,6-8,10-12H2,1-2H3,(H,16,17). The molecule has 2 heterocycles. The van der Waals surface area contributed by atoms with E-state index in [1.807, 2.05) is 11.8 Å². The average molecular weight is 328 g/mol. The summed E-state index contributed by atoms with van der Waals surface area (Å²) in [6.45, 7) is 4.34. The van der Waals surface area contributed by atoms with Gasteiger partial charge in [-0.1, -0.05) is 6.07 Å². The number of thioether (sulfide) groups is 1. The van der Waals surface area contributed by atoms with Crippen LogP contribution >= 0.6 is 23.1 Å². The molecule has 0 amide bonds. The van der Waals surface area contributed by atoms with Gasteiger partial charge < -0.3 is 15.3 Å². The van der Waals surface area contributed by atoms with Crippen LogP contribution in [0.5, 0.6) is 0 Å². The number of likely N-dealkylation sites (N-methyl/N-ethyl adjacent to an activating group) is 1. The minimum atomic E-state index is -0.611. The number of rotatable bonds is 6. The van der Waals surface area contributed by atoms with Crippen LogP contribution in [0, 0.1) is 0 Å². The van der Waals surface area contributed by atoms with Crippen LogP contribution < -0.4 is 5.32 Å². The van der Waals surface area contributed by atoms with E-state index in [9.17, 15) is 5.11 Å². The summed E-state index contributed by atoms with van der Waals surface area (Å²) >= 11 is 3.60. The third-order valence-electron chi connectivity index (χ3n) is 3.58. The highest BCUT2D eigenvalue weighted by Crippen LogP contribution is 2.27. The Morgan fingerprint density at radius 2 is 2.43 bits per heavy atom. The van der Waals surface area contributed by atoms with Crippen LogP contribution in [-0.4, -0.2) is 59.8 Å². The number of hydrogen-bond donors (Lipinski definition) is 2. The van der Waals surface area contributed by atoms with Crippen molar-refractivity contribution in [2.24, 2.45) is 4.99 Å². The van der Waals surface area contributed by atoms with Crippen molar-refractivity contribution in [2.75, 3.05) is 38.2 Å². The summed E-state index contributed by atoms with van der Waals surface area (Å²) in [7, 11) is 2.06. The van der Waals surface area contributed by atoms with Gasteiger partial charge in [-0.2, -0.15) is 11.8 Å². The van der Waals surface area contributed by atoms with Crippen molar-refractivity contribution in [1.82, 2.24) is 10.2 Å². The predicted molar refractivity (Wildman–Crippen MR) is 93.5 cm³/mol. The Kier molecular flexibility index (Phi) is 6.39. The van der Waals surface area contributed by atoms with Crippen molar-refractivity contribution in [2.45, 2.75) is 25.4 Å². The smallest absolute Gasteiger partial charge is 0.193 e. The fraction of sp³-hybridized carbons (Fsp3) is 0.667. The van der Waals surface area contributed by atoms with E-state index in [1.54, 1.807) is 11.3 Å². The number of nitrogens with zero attached hydrogens (tertiary/aromatic N) is 2. The average Bonchev–Trinajstić information content (AvgIpc) is 3.13. The second kappa shape index (κ2) is 8.06. The molecule has 1 aromatic rings. The Labute approximate surface area is 135 Å². The third-order valence-corrected chi connectivity index (χ3v) is 5.75. The van der Waals surface area contributed by atoms with Crippen molar-refractivity contribution in [3.8, 4) is 0 Å². The molecular weight excluding hydrogens is 302 g/mol. The van der Waals surface area contributed by atoms with E-state index >= 15 is 0 Å². The molecule has 1 aromatic heterocycles. The van der Waals surface area contributed by atoms with E-state index in [1.165, 1.54) is 4.88 Å². The molecule has 6 heteroatoms. The summed E-state index contributed by atoms with van der Waals surface area (Å²) in [5.74, 6) is 2.73. The van der Waals surface area contributed by atoms with E-state index in [0.717, 1.165) is 43.4 Å². The fourth-order valence-corrected chi connectivity index (χ4v) is 4.23. The van der Waals surface area contributed by atoms with Crippen molar-refractivity contribution >= 4 is 29.1 Å². The van der Waals surface area contributed by atoms with Gasteiger partial charge in [0.1, 0.15) is 0 Å². The highest BCUT2D eigenvalue weighted by Gasteiger charge is 2.31. The van der Waals surface area contributed by atoms with E-state index < -0.39 is 5.60 Å². The zero-order valence-electron chi connectivity index (χ0n) is 12.8. The third kappa shape index (κ3) is 5.20. The zero-order chi connectivity index (χ0) is 15.1. The van der Waals surface area contributed by atoms with E-state index in [4.69, 9.17) is 0 Å². The first-order valence-electron chi connectivity index (χ1n) is 7.45. The Morgan fingerprint density at radius 3 is 3.05 bits per heavy atom. The number of guanidine groups is 1. The van der Waals surface area contributed by atoms with Crippen molar-refractivity contribution in [3.63, 3.8) is 0 Å². The molecule has 1 saturated heterocycles. The van der Waals surface area contributed by atoms with Crippen LogP contribution in [-0.2, 0) is 6.42 Å². The lowest BCUT2D eigenvalue weighted by atomic mass is 10.1. The van der Waals surface area contributed by atoms with Crippen LogP contribution in [0.15, 0.2) is 22.5 Å². The second-order valence-electron chi connectivity index (χ2n) is 5.45. The van der Waals surface area contributed by atoms with Gasteiger partial charge in [0.2, 0.25) is 0 Å². The summed E-state index contributed by atoms with van der Waals surface area (Å²) in [6.07, 6.45) is 1.87. The largest absolute Gasteiger partial charge is 0.387 e. The molecule has 1 aliphatic heterocycles. The fourth-order valence-electron chi connectivity index (χ4n) is 2.25. The summed E-state index contributed by atoms with van der Waals surface area (Å²) in [4.78, 5) is 8.18. The van der Waals surface area contributed by atoms with Crippen LogP contribution in [0.2, 0.25) is 0 Å². The Balaban J connectivity index is 1.89. The monoisotopic (exact) mass is 327 g/mol. The van der Waals surface area contributed by atoms with Gasteiger partial charge in [0, 0.05) is 30.8 Å². The van der Waals surface area contributed by atoms with Gasteiger partial charge in [-0.25, -0.2) is 0 Å². The molecular formula is C15H25N3OS2. The molecule has 1 fully saturated rings. The SMILES string of the molecule is CCNC(=NCC1(O)CCSC1)N(C)CCc1cccs1. The number of aliphatic imine (C=N–C) groups is 1. The van der Waals surface area contributed by atoms with E-state index in [-0.39, 0.29) is 0 Å². The molecule has 1 aliphatic rings. The van der Waals surface area contributed by atoms with Gasteiger partial charge in [0.25, 0.3) is 0 Å². The van der Waals surface area contributed by atoms with E-state index in [0.29, 0.717) is 6.54 Å². The highest BCUT2D eigenvalue weighted by atomic mass is 32.2. The molecule has 1 atom stereocenters. The first kappa shape index (κ1) is 16.6. The van der Waals surface area contributed by atoms with Crippen LogP contribution in [0.25, 0.3) is 0 Å². The zero-order valence-corrected chi connectivity index (χ0v) is 14.5. The van der Waals surface area contributed by atoms with Crippen LogP contribution in [0.3, 0.4) is 0 Å². The molecule has 0 aromatic carbocycles. The summed E-state index contributed by atoms with van der Waals surface area (Å²) < 4.78 is 0. The Bertz CT molecular complexity index is 442. The summed E-state index contributed by atoms with van der Waals surface area (Å²) in [5, 5.41) is 15.8. The quantitative estimate of drug-likeness (QED) is 0.620. The molecule has 4 nitrogen and oxygen atoms in total. The molecule has 2 rings (SSSR count).